The molecule has 0 amide bonds. The van der Waals surface area contributed by atoms with Crippen molar-refractivity contribution in [2.24, 2.45) is 5.41 Å². The quantitative estimate of drug-likeness (QED) is 0.802. The number of benzene rings is 1. The molecule has 1 heterocycles. The van der Waals surface area contributed by atoms with Crippen LogP contribution in [0.2, 0.25) is 0 Å². The number of fused-ring (bicyclic) bond motifs is 1. The van der Waals surface area contributed by atoms with Crippen LogP contribution in [0.25, 0.3) is 0 Å². The Morgan fingerprint density at radius 2 is 2.22 bits per heavy atom. The maximum Gasteiger partial charge on any atom is 0.0376 e. The van der Waals surface area contributed by atoms with Gasteiger partial charge in [0.2, 0.25) is 0 Å². The van der Waals surface area contributed by atoms with Gasteiger partial charge in [-0.1, -0.05) is 25.5 Å². The van der Waals surface area contributed by atoms with Crippen LogP contribution in [0.3, 0.4) is 0 Å². The van der Waals surface area contributed by atoms with Crippen LogP contribution in [-0.4, -0.2) is 13.1 Å². The van der Waals surface area contributed by atoms with Crippen molar-refractivity contribution >= 4 is 5.69 Å². The van der Waals surface area contributed by atoms with E-state index in [4.69, 9.17) is 0 Å². The van der Waals surface area contributed by atoms with Gasteiger partial charge in [-0.2, -0.15) is 0 Å². The number of hydrogen-bond acceptors (Lipinski definition) is 2. The van der Waals surface area contributed by atoms with Crippen LogP contribution in [0, 0.1) is 5.41 Å². The number of hydrogen-bond donors (Lipinski definition) is 2. The third-order valence-corrected chi connectivity index (χ3v) is 4.45. The maximum absolute atomic E-state index is 3.65. The van der Waals surface area contributed by atoms with E-state index in [0.29, 0.717) is 5.41 Å². The predicted octanol–water partition coefficient (Wildman–Crippen LogP) is 3.32. The van der Waals surface area contributed by atoms with Crippen molar-refractivity contribution < 1.29 is 0 Å². The Morgan fingerprint density at radius 1 is 1.33 bits per heavy atom. The summed E-state index contributed by atoms with van der Waals surface area (Å²) < 4.78 is 0. The summed E-state index contributed by atoms with van der Waals surface area (Å²) in [5.74, 6) is 0. The second kappa shape index (κ2) is 4.93. The molecular formula is C16H24N2. The van der Waals surface area contributed by atoms with Gasteiger partial charge >= 0.3 is 0 Å². The molecule has 98 valence electrons. The summed E-state index contributed by atoms with van der Waals surface area (Å²) in [4.78, 5) is 0. The minimum absolute atomic E-state index is 0.656. The molecule has 18 heavy (non-hydrogen) atoms. The lowest BCUT2D eigenvalue weighted by molar-refractivity contribution is 0.421. The summed E-state index contributed by atoms with van der Waals surface area (Å²) in [6.07, 6.45) is 6.76. The molecule has 2 heteroatoms. The molecule has 0 saturated heterocycles. The minimum Gasteiger partial charge on any atom is -0.384 e. The van der Waals surface area contributed by atoms with Crippen LogP contribution in [0.4, 0.5) is 5.69 Å². The van der Waals surface area contributed by atoms with Gasteiger partial charge < -0.3 is 10.6 Å². The van der Waals surface area contributed by atoms with E-state index in [2.05, 4.69) is 35.8 Å². The zero-order chi connectivity index (χ0) is 12.4. The Kier molecular flexibility index (Phi) is 3.29. The second-order valence-electron chi connectivity index (χ2n) is 6.02. The average molecular weight is 244 g/mol. The molecule has 1 aliphatic carbocycles. The first-order valence-corrected chi connectivity index (χ1v) is 7.38. The van der Waals surface area contributed by atoms with Gasteiger partial charge in [-0.15, -0.1) is 0 Å². The lowest BCUT2D eigenvalue weighted by Gasteiger charge is -2.15. The van der Waals surface area contributed by atoms with E-state index in [1.54, 1.807) is 0 Å². The molecule has 2 aliphatic rings. The van der Waals surface area contributed by atoms with Crippen LogP contribution in [-0.2, 0) is 13.0 Å². The number of rotatable bonds is 6. The lowest BCUT2D eigenvalue weighted by atomic mass is 10.0. The highest BCUT2D eigenvalue weighted by molar-refractivity contribution is 5.56. The third-order valence-electron chi connectivity index (χ3n) is 4.45. The van der Waals surface area contributed by atoms with Gasteiger partial charge in [0.15, 0.2) is 0 Å². The molecule has 2 N–H and O–H groups in total. The first-order valence-electron chi connectivity index (χ1n) is 7.38. The summed E-state index contributed by atoms with van der Waals surface area (Å²) in [5, 5.41) is 7.10. The van der Waals surface area contributed by atoms with E-state index >= 15 is 0 Å². The number of nitrogens with one attached hydrogen (secondary N) is 2. The molecule has 2 nitrogen and oxygen atoms in total. The Morgan fingerprint density at radius 3 is 3.00 bits per heavy atom. The molecule has 0 spiro atoms. The van der Waals surface area contributed by atoms with Crippen molar-refractivity contribution in [3.05, 3.63) is 29.3 Å². The molecule has 1 aromatic carbocycles. The molecule has 1 aliphatic heterocycles. The molecule has 0 atom stereocenters. The van der Waals surface area contributed by atoms with E-state index in [1.807, 2.05) is 0 Å². The molecular weight excluding hydrogens is 220 g/mol. The van der Waals surface area contributed by atoms with E-state index < -0.39 is 0 Å². The van der Waals surface area contributed by atoms with Crippen LogP contribution in [0.5, 0.6) is 0 Å². The zero-order valence-electron chi connectivity index (χ0n) is 11.4. The summed E-state index contributed by atoms with van der Waals surface area (Å²) in [7, 11) is 0. The van der Waals surface area contributed by atoms with Gasteiger partial charge in [0.05, 0.1) is 0 Å². The van der Waals surface area contributed by atoms with Gasteiger partial charge in [0.1, 0.15) is 0 Å². The van der Waals surface area contributed by atoms with Crippen molar-refractivity contribution in [2.45, 2.75) is 45.6 Å². The minimum atomic E-state index is 0.656. The Balaban J connectivity index is 1.51. The second-order valence-corrected chi connectivity index (χ2v) is 6.02. The van der Waals surface area contributed by atoms with Crippen molar-refractivity contribution in [2.75, 3.05) is 18.4 Å². The summed E-state index contributed by atoms with van der Waals surface area (Å²) >= 11 is 0. The van der Waals surface area contributed by atoms with Gasteiger partial charge in [-0.05, 0) is 48.3 Å². The Hall–Kier alpha value is -1.02. The van der Waals surface area contributed by atoms with Gasteiger partial charge in [-0.25, -0.2) is 0 Å². The van der Waals surface area contributed by atoms with Crippen molar-refractivity contribution in [3.8, 4) is 0 Å². The largest absolute Gasteiger partial charge is 0.384 e. The summed E-state index contributed by atoms with van der Waals surface area (Å²) in [6, 6.07) is 6.87. The third kappa shape index (κ3) is 2.54. The molecule has 1 fully saturated rings. The Bertz CT molecular complexity index is 421. The zero-order valence-corrected chi connectivity index (χ0v) is 11.4. The van der Waals surface area contributed by atoms with Gasteiger partial charge in [0.25, 0.3) is 0 Å². The van der Waals surface area contributed by atoms with Gasteiger partial charge in [0, 0.05) is 25.3 Å². The van der Waals surface area contributed by atoms with Crippen molar-refractivity contribution in [1.82, 2.24) is 5.32 Å². The van der Waals surface area contributed by atoms with Crippen molar-refractivity contribution in [1.29, 1.82) is 0 Å². The molecule has 1 saturated carbocycles. The van der Waals surface area contributed by atoms with Crippen molar-refractivity contribution in [3.63, 3.8) is 0 Å². The Labute approximate surface area is 110 Å². The van der Waals surface area contributed by atoms with Crippen LogP contribution in [0.1, 0.15) is 43.7 Å². The average Bonchev–Trinajstić information content (AvgIpc) is 2.97. The summed E-state index contributed by atoms with van der Waals surface area (Å²) in [5.41, 5.74) is 4.90. The monoisotopic (exact) mass is 244 g/mol. The smallest absolute Gasteiger partial charge is 0.0376 e. The standard InChI is InChI=1S/C16H24N2/c1-2-6-16(7-8-16)12-17-11-13-3-4-14-5-9-18-15(14)10-13/h3-4,10,17-18H,2,5-9,11-12H2,1H3. The van der Waals surface area contributed by atoms with E-state index in [0.717, 1.165) is 13.1 Å². The van der Waals surface area contributed by atoms with E-state index in [-0.39, 0.29) is 0 Å². The first kappa shape index (κ1) is 12.0. The molecule has 1 aromatic rings. The highest BCUT2D eigenvalue weighted by Crippen LogP contribution is 2.48. The normalized spacial score (nSPS) is 19.4. The molecule has 0 bridgehead atoms. The number of anilines is 1. The highest BCUT2D eigenvalue weighted by atomic mass is 14.9. The molecule has 3 rings (SSSR count). The summed E-state index contributed by atoms with van der Waals surface area (Å²) in [6.45, 7) is 5.61. The van der Waals surface area contributed by atoms with Crippen LogP contribution >= 0.6 is 0 Å². The van der Waals surface area contributed by atoms with Gasteiger partial charge in [-0.3, -0.25) is 0 Å². The van der Waals surface area contributed by atoms with E-state index in [9.17, 15) is 0 Å². The highest BCUT2D eigenvalue weighted by Gasteiger charge is 2.40. The van der Waals surface area contributed by atoms with Crippen LogP contribution < -0.4 is 10.6 Å². The fourth-order valence-corrected chi connectivity index (χ4v) is 3.14. The maximum atomic E-state index is 3.65. The molecule has 0 aromatic heterocycles. The van der Waals surface area contributed by atoms with E-state index in [1.165, 1.54) is 55.5 Å². The SMILES string of the molecule is CCCC1(CNCc2ccc3c(c2)NCC3)CC1. The predicted molar refractivity (Wildman–Crippen MR) is 76.9 cm³/mol. The molecule has 0 unspecified atom stereocenters. The lowest BCUT2D eigenvalue weighted by Crippen LogP contribution is -2.23. The fraction of sp³-hybridized carbons (Fsp3) is 0.625. The molecule has 0 radical (unpaired) electrons. The fourth-order valence-electron chi connectivity index (χ4n) is 3.14. The topological polar surface area (TPSA) is 24.1 Å². The first-order chi connectivity index (χ1) is 8.81. The van der Waals surface area contributed by atoms with Crippen LogP contribution in [0.15, 0.2) is 18.2 Å².